The van der Waals surface area contributed by atoms with Gasteiger partial charge in [-0.15, -0.1) is 0 Å². The number of fused-ring (bicyclic) bond motifs is 1. The fourth-order valence-electron chi connectivity index (χ4n) is 3.33. The number of hydrogen-bond acceptors (Lipinski definition) is 1. The maximum atomic E-state index is 12.6. The fraction of sp³-hybridized carbons (Fsp3) is 0.333. The topological polar surface area (TPSA) is 37.9 Å². The first-order valence-corrected chi connectivity index (χ1v) is 9.04. The number of hydrogen-bond donors (Lipinski definition) is 1. The van der Waals surface area contributed by atoms with E-state index in [1.165, 1.54) is 11.3 Å². The molecular weight excluding hydrogens is 310 g/mol. The molecule has 0 fully saturated rings. The van der Waals surface area contributed by atoms with Crippen LogP contribution in [-0.4, -0.2) is 10.5 Å². The Morgan fingerprint density at radius 3 is 2.56 bits per heavy atom. The maximum Gasteiger partial charge on any atom is 0.255 e. The van der Waals surface area contributed by atoms with Crippen LogP contribution in [0.4, 0.5) is 5.69 Å². The third-order valence-electron chi connectivity index (χ3n) is 4.68. The summed E-state index contributed by atoms with van der Waals surface area (Å²) in [6, 6.07) is 15.6. The first kappa shape index (κ1) is 17.2. The van der Waals surface area contributed by atoms with E-state index in [9.17, 15) is 4.79 Å². The summed E-state index contributed by atoms with van der Waals surface area (Å²) in [6.07, 6.45) is 2.29. The van der Waals surface area contributed by atoms with E-state index in [0.717, 1.165) is 37.1 Å². The zero-order chi connectivity index (χ0) is 17.8. The van der Waals surface area contributed by atoms with Gasteiger partial charge in [0.1, 0.15) is 0 Å². The number of carbonyl (C=O) groups is 1. The van der Waals surface area contributed by atoms with Crippen LogP contribution in [0.5, 0.6) is 0 Å². The maximum absolute atomic E-state index is 12.6. The van der Waals surface area contributed by atoms with Crippen LogP contribution < -0.4 is 9.88 Å². The number of rotatable bonds is 6. The lowest BCUT2D eigenvalue weighted by Gasteiger charge is -2.05. The summed E-state index contributed by atoms with van der Waals surface area (Å²) in [7, 11) is 0. The van der Waals surface area contributed by atoms with Gasteiger partial charge >= 0.3 is 0 Å². The van der Waals surface area contributed by atoms with E-state index in [-0.39, 0.29) is 5.91 Å². The Hall–Kier alpha value is -2.62. The predicted molar refractivity (Wildman–Crippen MR) is 102 cm³/mol. The molecule has 25 heavy (non-hydrogen) atoms. The standard InChI is InChI=1S/C21H25N3O/c1-4-6-14-24-16(3)23(5-2)19-13-12-17(15-20(19)24)21(25)22-18-10-8-7-9-11-18/h7-13,15H,4-6,14H2,1-3H3/p+1. The fourth-order valence-corrected chi connectivity index (χ4v) is 3.33. The number of amides is 1. The second-order valence-electron chi connectivity index (χ2n) is 6.32. The number of nitrogens with one attached hydrogen (secondary N) is 1. The molecule has 0 saturated carbocycles. The molecule has 2 aromatic carbocycles. The van der Waals surface area contributed by atoms with Crippen molar-refractivity contribution in [3.63, 3.8) is 0 Å². The van der Waals surface area contributed by atoms with Crippen molar-refractivity contribution in [2.75, 3.05) is 5.32 Å². The molecule has 0 aliphatic rings. The lowest BCUT2D eigenvalue weighted by atomic mass is 10.1. The molecular formula is C21H26N3O+. The van der Waals surface area contributed by atoms with Crippen molar-refractivity contribution in [2.24, 2.45) is 0 Å². The van der Waals surface area contributed by atoms with Crippen molar-refractivity contribution < 1.29 is 9.36 Å². The normalized spacial score (nSPS) is 11.0. The minimum Gasteiger partial charge on any atom is -0.322 e. The molecule has 0 radical (unpaired) electrons. The van der Waals surface area contributed by atoms with Crippen LogP contribution in [0.15, 0.2) is 48.5 Å². The van der Waals surface area contributed by atoms with Crippen molar-refractivity contribution in [3.05, 3.63) is 59.9 Å². The smallest absolute Gasteiger partial charge is 0.255 e. The number of imidazole rings is 1. The van der Waals surface area contributed by atoms with Gasteiger partial charge in [-0.3, -0.25) is 4.79 Å². The van der Waals surface area contributed by atoms with E-state index in [4.69, 9.17) is 0 Å². The molecule has 3 aromatic rings. The number of aromatic nitrogens is 2. The van der Waals surface area contributed by atoms with Crippen molar-refractivity contribution >= 4 is 22.6 Å². The van der Waals surface area contributed by atoms with Gasteiger partial charge in [-0.1, -0.05) is 31.5 Å². The third-order valence-corrected chi connectivity index (χ3v) is 4.68. The number of nitrogens with zero attached hydrogens (tertiary/aromatic N) is 2. The lowest BCUT2D eigenvalue weighted by Crippen LogP contribution is -2.35. The highest BCUT2D eigenvalue weighted by Crippen LogP contribution is 2.19. The molecule has 0 saturated heterocycles. The third kappa shape index (κ3) is 3.43. The average Bonchev–Trinajstić information content (AvgIpc) is 2.90. The molecule has 0 spiro atoms. The molecule has 1 N–H and O–H groups in total. The Balaban J connectivity index is 1.99. The molecule has 0 atom stereocenters. The number of para-hydroxylation sites is 1. The van der Waals surface area contributed by atoms with E-state index in [1.54, 1.807) is 0 Å². The number of benzene rings is 2. The molecule has 1 aromatic heterocycles. The number of anilines is 1. The minimum absolute atomic E-state index is 0.0722. The van der Waals surface area contributed by atoms with Crippen molar-refractivity contribution in [3.8, 4) is 0 Å². The first-order valence-electron chi connectivity index (χ1n) is 9.04. The van der Waals surface area contributed by atoms with Crippen LogP contribution in [0.3, 0.4) is 0 Å². The Morgan fingerprint density at radius 1 is 1.12 bits per heavy atom. The molecule has 130 valence electrons. The van der Waals surface area contributed by atoms with Gasteiger partial charge in [0.05, 0.1) is 13.1 Å². The number of aryl methyl sites for hydroxylation is 2. The highest BCUT2D eigenvalue weighted by molar-refractivity contribution is 6.05. The van der Waals surface area contributed by atoms with E-state index < -0.39 is 0 Å². The zero-order valence-electron chi connectivity index (χ0n) is 15.2. The molecule has 1 amide bonds. The summed E-state index contributed by atoms with van der Waals surface area (Å²) in [6.45, 7) is 8.43. The Kier molecular flexibility index (Phi) is 5.17. The second-order valence-corrected chi connectivity index (χ2v) is 6.32. The summed E-state index contributed by atoms with van der Waals surface area (Å²) in [5.74, 6) is 1.17. The average molecular weight is 336 g/mol. The molecule has 0 aliphatic carbocycles. The Labute approximate surface area is 149 Å². The molecule has 0 unspecified atom stereocenters. The molecule has 4 nitrogen and oxygen atoms in total. The molecule has 0 bridgehead atoms. The molecule has 3 rings (SSSR count). The zero-order valence-corrected chi connectivity index (χ0v) is 15.2. The van der Waals surface area contributed by atoms with Crippen LogP contribution in [0, 0.1) is 6.92 Å². The second kappa shape index (κ2) is 7.51. The quantitative estimate of drug-likeness (QED) is 0.669. The van der Waals surface area contributed by atoms with Crippen molar-refractivity contribution in [2.45, 2.75) is 46.7 Å². The van der Waals surface area contributed by atoms with Crippen molar-refractivity contribution in [1.29, 1.82) is 0 Å². The Bertz CT molecular complexity index is 881. The van der Waals surface area contributed by atoms with Gasteiger partial charge in [0.25, 0.3) is 11.7 Å². The van der Waals surface area contributed by atoms with Crippen LogP contribution >= 0.6 is 0 Å². The summed E-state index contributed by atoms with van der Waals surface area (Å²) in [5.41, 5.74) is 3.82. The van der Waals surface area contributed by atoms with E-state index in [0.29, 0.717) is 5.56 Å². The highest BCUT2D eigenvalue weighted by Gasteiger charge is 2.21. The monoisotopic (exact) mass is 336 g/mol. The van der Waals surface area contributed by atoms with E-state index in [2.05, 4.69) is 41.3 Å². The molecule has 4 heteroatoms. The Morgan fingerprint density at radius 2 is 1.88 bits per heavy atom. The van der Waals surface area contributed by atoms with Gasteiger partial charge in [-0.25, -0.2) is 9.13 Å². The SMILES string of the molecule is CCCCn1c(C)[n+](CC)c2ccc(C(=O)Nc3ccccc3)cc21. The van der Waals surface area contributed by atoms with Crippen LogP contribution in [0.25, 0.3) is 11.0 Å². The molecule has 0 aliphatic heterocycles. The van der Waals surface area contributed by atoms with Gasteiger partial charge in [0.2, 0.25) is 0 Å². The summed E-state index contributed by atoms with van der Waals surface area (Å²) in [4.78, 5) is 12.6. The number of carbonyl (C=O) groups excluding carboxylic acids is 1. The minimum atomic E-state index is -0.0722. The van der Waals surface area contributed by atoms with Crippen LogP contribution in [-0.2, 0) is 13.1 Å². The van der Waals surface area contributed by atoms with Gasteiger partial charge in [0, 0.05) is 24.2 Å². The summed E-state index contributed by atoms with van der Waals surface area (Å²) in [5, 5.41) is 2.97. The van der Waals surface area contributed by atoms with Gasteiger partial charge < -0.3 is 5.32 Å². The molecule has 1 heterocycles. The van der Waals surface area contributed by atoms with Gasteiger partial charge in [-0.05, 0) is 37.6 Å². The van der Waals surface area contributed by atoms with E-state index in [1.807, 2.05) is 42.5 Å². The van der Waals surface area contributed by atoms with Crippen LogP contribution in [0.2, 0.25) is 0 Å². The first-order chi connectivity index (χ1) is 12.2. The van der Waals surface area contributed by atoms with Gasteiger partial charge in [0.15, 0.2) is 11.0 Å². The largest absolute Gasteiger partial charge is 0.322 e. The predicted octanol–water partition coefficient (Wildman–Crippen LogP) is 4.31. The van der Waals surface area contributed by atoms with Gasteiger partial charge in [-0.2, -0.15) is 0 Å². The van der Waals surface area contributed by atoms with E-state index >= 15 is 0 Å². The summed E-state index contributed by atoms with van der Waals surface area (Å²) < 4.78 is 4.64. The lowest BCUT2D eigenvalue weighted by molar-refractivity contribution is -0.675. The number of unbranched alkanes of at least 4 members (excludes halogenated alkanes) is 1. The summed E-state index contributed by atoms with van der Waals surface area (Å²) >= 11 is 0. The van der Waals surface area contributed by atoms with Crippen molar-refractivity contribution in [1.82, 2.24) is 4.57 Å². The highest BCUT2D eigenvalue weighted by atomic mass is 16.1. The van der Waals surface area contributed by atoms with Crippen LogP contribution in [0.1, 0.15) is 42.9 Å².